The van der Waals surface area contributed by atoms with Crippen LogP contribution in [0.5, 0.6) is 11.5 Å². The Bertz CT molecular complexity index is 1030. The first-order valence-corrected chi connectivity index (χ1v) is 9.92. The Kier molecular flexibility index (Phi) is 5.65. The number of hydrogen-bond acceptors (Lipinski definition) is 7. The lowest BCUT2D eigenvalue weighted by Gasteiger charge is -2.26. The fraction of sp³-hybridized carbons (Fsp3) is 0.364. The molecule has 1 aromatic heterocycles. The van der Waals surface area contributed by atoms with Gasteiger partial charge in [-0.3, -0.25) is 9.80 Å². The van der Waals surface area contributed by atoms with Gasteiger partial charge in [0.2, 0.25) is 6.41 Å². The quantitative estimate of drug-likeness (QED) is 0.767. The highest BCUT2D eigenvalue weighted by Crippen LogP contribution is 2.39. The number of anilines is 1. The molecule has 1 fully saturated rings. The van der Waals surface area contributed by atoms with E-state index in [0.29, 0.717) is 23.5 Å². The topological polar surface area (TPSA) is 88.9 Å². The normalized spacial score (nSPS) is 21.4. The number of ether oxygens (including phenoxy) is 2. The summed E-state index contributed by atoms with van der Waals surface area (Å²) in [5.41, 5.74) is 2.75. The summed E-state index contributed by atoms with van der Waals surface area (Å²) in [6.07, 6.45) is 13.3. The van der Waals surface area contributed by atoms with Crippen LogP contribution in [0.25, 0.3) is 10.9 Å². The van der Waals surface area contributed by atoms with Crippen LogP contribution in [0.15, 0.2) is 47.7 Å². The van der Waals surface area contributed by atoms with Gasteiger partial charge in [-0.25, -0.2) is 0 Å². The lowest BCUT2D eigenvalue weighted by molar-refractivity contribution is -0.109. The maximum absolute atomic E-state index is 9.54. The minimum atomic E-state index is 0.162. The molecular weight excluding hydrogens is 382 g/mol. The summed E-state index contributed by atoms with van der Waals surface area (Å²) in [5.74, 6) is 1.59. The van der Waals surface area contributed by atoms with E-state index in [2.05, 4.69) is 46.7 Å². The lowest BCUT2D eigenvalue weighted by atomic mass is 9.92. The molecule has 3 aliphatic rings. The minimum Gasteiger partial charge on any atom is -0.493 e. The number of fused-ring (bicyclic) bond motifs is 2. The minimum absolute atomic E-state index is 0.162. The van der Waals surface area contributed by atoms with E-state index in [1.54, 1.807) is 20.4 Å². The molecular formula is C22H25N5O3. The molecule has 1 aromatic carbocycles. The van der Waals surface area contributed by atoms with Crippen LogP contribution >= 0.6 is 0 Å². The van der Waals surface area contributed by atoms with E-state index in [4.69, 9.17) is 14.6 Å². The van der Waals surface area contributed by atoms with Gasteiger partial charge in [0.05, 0.1) is 37.7 Å². The van der Waals surface area contributed by atoms with Gasteiger partial charge in [0.15, 0.2) is 11.5 Å². The van der Waals surface area contributed by atoms with E-state index in [0.717, 1.165) is 28.7 Å². The third kappa shape index (κ3) is 3.85. The summed E-state index contributed by atoms with van der Waals surface area (Å²) in [4.78, 5) is 9.54. The number of rotatable bonds is 5. The molecule has 5 rings (SSSR count). The Morgan fingerprint density at radius 1 is 1.13 bits per heavy atom. The fourth-order valence-corrected chi connectivity index (χ4v) is 3.63. The van der Waals surface area contributed by atoms with Gasteiger partial charge in [0.25, 0.3) is 0 Å². The maximum Gasteiger partial charge on any atom is 0.207 e. The van der Waals surface area contributed by atoms with Crippen LogP contribution in [0.2, 0.25) is 0 Å². The van der Waals surface area contributed by atoms with Gasteiger partial charge in [-0.1, -0.05) is 24.3 Å². The van der Waals surface area contributed by atoms with Crippen LogP contribution in [0.4, 0.5) is 5.69 Å². The van der Waals surface area contributed by atoms with Crippen molar-refractivity contribution in [3.8, 4) is 11.5 Å². The molecule has 1 saturated carbocycles. The van der Waals surface area contributed by atoms with E-state index in [1.807, 2.05) is 17.1 Å². The van der Waals surface area contributed by atoms with Gasteiger partial charge in [0.1, 0.15) is 0 Å². The number of hydrogen-bond donors (Lipinski definition) is 1. The SMILES string of the molecule is COc1cc2nncc(N3N=C(C)C4C=CC=CC43)c2cc1OC.O=CNC1CC1. The summed E-state index contributed by atoms with van der Waals surface area (Å²) >= 11 is 0. The van der Waals surface area contributed by atoms with Crippen molar-refractivity contribution in [2.75, 3.05) is 19.2 Å². The van der Waals surface area contributed by atoms with Crippen molar-refractivity contribution in [3.63, 3.8) is 0 Å². The standard InChI is InChI=1S/C18H18N4O2.C4H7NO/c1-11-12-6-4-5-7-15(12)22(21-11)16-10-19-20-14-9-18(24-3)17(23-2)8-13(14)16;6-3-5-4-1-2-4/h4-10,12,15H,1-3H3;3-4H,1-2H2,(H,5,6). The number of aromatic nitrogens is 2. The molecule has 0 radical (unpaired) electrons. The van der Waals surface area contributed by atoms with E-state index < -0.39 is 0 Å². The number of methoxy groups -OCH3 is 2. The Hall–Kier alpha value is -3.42. The highest BCUT2D eigenvalue weighted by atomic mass is 16.5. The van der Waals surface area contributed by atoms with Gasteiger partial charge < -0.3 is 14.8 Å². The molecule has 1 N–H and O–H groups in total. The van der Waals surface area contributed by atoms with Crippen molar-refractivity contribution in [2.45, 2.75) is 31.8 Å². The molecule has 0 saturated heterocycles. The molecule has 0 bridgehead atoms. The Labute approximate surface area is 175 Å². The molecule has 2 unspecified atom stereocenters. The van der Waals surface area contributed by atoms with E-state index in [1.165, 1.54) is 12.8 Å². The number of hydrazone groups is 1. The van der Waals surface area contributed by atoms with E-state index in [-0.39, 0.29) is 6.04 Å². The number of nitrogens with one attached hydrogen (secondary N) is 1. The predicted molar refractivity (Wildman–Crippen MR) is 116 cm³/mol. The van der Waals surface area contributed by atoms with E-state index in [9.17, 15) is 4.79 Å². The van der Waals surface area contributed by atoms with Crippen LogP contribution in [-0.2, 0) is 4.79 Å². The molecule has 2 atom stereocenters. The Morgan fingerprint density at radius 3 is 2.53 bits per heavy atom. The van der Waals surface area contributed by atoms with Crippen LogP contribution in [0, 0.1) is 5.92 Å². The monoisotopic (exact) mass is 407 g/mol. The van der Waals surface area contributed by atoms with Crippen LogP contribution < -0.4 is 19.8 Å². The van der Waals surface area contributed by atoms with Crippen LogP contribution in [0.3, 0.4) is 0 Å². The number of allylic oxidation sites excluding steroid dienone is 2. The molecule has 8 nitrogen and oxygen atoms in total. The van der Waals surface area contributed by atoms with Gasteiger partial charge in [0, 0.05) is 29.1 Å². The van der Waals surface area contributed by atoms with Gasteiger partial charge >= 0.3 is 0 Å². The van der Waals surface area contributed by atoms with Gasteiger partial charge in [-0.05, 0) is 25.8 Å². The van der Waals surface area contributed by atoms with Crippen molar-refractivity contribution < 1.29 is 14.3 Å². The first kappa shape index (κ1) is 19.9. The lowest BCUT2D eigenvalue weighted by Crippen LogP contribution is -2.31. The molecule has 156 valence electrons. The van der Waals surface area contributed by atoms with Gasteiger partial charge in [-0.15, -0.1) is 0 Å². The largest absolute Gasteiger partial charge is 0.493 e. The molecule has 2 aromatic rings. The van der Waals surface area contributed by atoms with Crippen molar-refractivity contribution in [1.29, 1.82) is 0 Å². The maximum atomic E-state index is 9.54. The summed E-state index contributed by atoms with van der Waals surface area (Å²) in [6, 6.07) is 4.46. The molecule has 2 heterocycles. The summed E-state index contributed by atoms with van der Waals surface area (Å²) < 4.78 is 10.8. The fourth-order valence-electron chi connectivity index (χ4n) is 3.63. The Balaban J connectivity index is 0.000000313. The second-order valence-electron chi connectivity index (χ2n) is 7.39. The zero-order valence-electron chi connectivity index (χ0n) is 17.3. The number of carbonyl (C=O) groups excluding carboxylic acids is 1. The van der Waals surface area contributed by atoms with Crippen molar-refractivity contribution in [1.82, 2.24) is 15.5 Å². The number of amides is 1. The van der Waals surface area contributed by atoms with Crippen molar-refractivity contribution in [3.05, 3.63) is 42.6 Å². The summed E-state index contributed by atoms with van der Waals surface area (Å²) in [6.45, 7) is 2.06. The molecule has 1 amide bonds. The number of benzene rings is 1. The number of carbonyl (C=O) groups is 1. The van der Waals surface area contributed by atoms with Crippen LogP contribution in [0.1, 0.15) is 19.8 Å². The number of nitrogens with zero attached hydrogens (tertiary/aromatic N) is 4. The third-order valence-corrected chi connectivity index (χ3v) is 5.39. The molecule has 2 aliphatic carbocycles. The molecule has 1 aliphatic heterocycles. The third-order valence-electron chi connectivity index (χ3n) is 5.39. The van der Waals surface area contributed by atoms with E-state index >= 15 is 0 Å². The summed E-state index contributed by atoms with van der Waals surface area (Å²) in [5, 5.41) is 18.7. The Morgan fingerprint density at radius 2 is 1.87 bits per heavy atom. The predicted octanol–water partition coefficient (Wildman–Crippen LogP) is 2.85. The average molecular weight is 407 g/mol. The van der Waals surface area contributed by atoms with Crippen molar-refractivity contribution >= 4 is 28.7 Å². The van der Waals surface area contributed by atoms with Crippen molar-refractivity contribution in [2.24, 2.45) is 11.0 Å². The molecule has 30 heavy (non-hydrogen) atoms. The zero-order valence-corrected chi connectivity index (χ0v) is 17.3. The summed E-state index contributed by atoms with van der Waals surface area (Å²) in [7, 11) is 3.24. The smallest absolute Gasteiger partial charge is 0.207 e. The van der Waals surface area contributed by atoms with Crippen LogP contribution in [-0.4, -0.2) is 48.6 Å². The molecule has 0 spiro atoms. The molecule has 8 heteroatoms. The first-order chi connectivity index (χ1) is 14.7. The average Bonchev–Trinajstić information content (AvgIpc) is 3.55. The zero-order chi connectivity index (χ0) is 21.1. The first-order valence-electron chi connectivity index (χ1n) is 9.92. The second kappa shape index (κ2) is 8.52. The van der Waals surface area contributed by atoms with Gasteiger partial charge in [-0.2, -0.15) is 15.3 Å². The highest BCUT2D eigenvalue weighted by Gasteiger charge is 2.34. The highest BCUT2D eigenvalue weighted by molar-refractivity contribution is 5.97. The second-order valence-corrected chi connectivity index (χ2v) is 7.39.